The Hall–Kier alpha value is -0.480. The Kier molecular flexibility index (Phi) is 8.27. The van der Waals surface area contributed by atoms with Gasteiger partial charge in [0.15, 0.2) is 0 Å². The Labute approximate surface area is 77.1 Å². The van der Waals surface area contributed by atoms with Crippen LogP contribution in [0.3, 0.4) is 0 Å². The summed E-state index contributed by atoms with van der Waals surface area (Å²) in [6.45, 7) is 7.86. The fourth-order valence-corrected chi connectivity index (χ4v) is 1.30. The SMILES string of the molecule is C#CC[NH+](CCCC)CCCC. The van der Waals surface area contributed by atoms with E-state index in [1.807, 2.05) is 0 Å². The molecule has 1 N–H and O–H groups in total. The first-order chi connectivity index (χ1) is 5.85. The summed E-state index contributed by atoms with van der Waals surface area (Å²) in [6, 6.07) is 0. The van der Waals surface area contributed by atoms with E-state index in [1.54, 1.807) is 4.90 Å². The van der Waals surface area contributed by atoms with Crippen LogP contribution in [0.25, 0.3) is 0 Å². The molecule has 1 nitrogen and oxygen atoms in total. The second-order valence-corrected chi connectivity index (χ2v) is 3.34. The van der Waals surface area contributed by atoms with Crippen molar-refractivity contribution in [3.05, 3.63) is 0 Å². The highest BCUT2D eigenvalue weighted by atomic mass is 15.1. The van der Waals surface area contributed by atoms with E-state index in [0.717, 1.165) is 6.54 Å². The first kappa shape index (κ1) is 11.5. The van der Waals surface area contributed by atoms with Crippen LogP contribution in [-0.4, -0.2) is 19.6 Å². The van der Waals surface area contributed by atoms with Gasteiger partial charge in [-0.1, -0.05) is 26.7 Å². The third-order valence-corrected chi connectivity index (χ3v) is 2.12. The third-order valence-electron chi connectivity index (χ3n) is 2.12. The summed E-state index contributed by atoms with van der Waals surface area (Å²) in [5.41, 5.74) is 0. The van der Waals surface area contributed by atoms with Gasteiger partial charge in [0.05, 0.1) is 13.1 Å². The molecular formula is C11H22N+. The monoisotopic (exact) mass is 168 g/mol. The third kappa shape index (κ3) is 6.24. The van der Waals surface area contributed by atoms with E-state index in [4.69, 9.17) is 6.42 Å². The minimum Gasteiger partial charge on any atom is -0.325 e. The van der Waals surface area contributed by atoms with Crippen molar-refractivity contribution in [3.63, 3.8) is 0 Å². The van der Waals surface area contributed by atoms with Crippen LogP contribution in [-0.2, 0) is 0 Å². The molecule has 0 unspecified atom stereocenters. The first-order valence-corrected chi connectivity index (χ1v) is 5.12. The van der Waals surface area contributed by atoms with Crippen molar-refractivity contribution in [2.75, 3.05) is 19.6 Å². The average molecular weight is 168 g/mol. The van der Waals surface area contributed by atoms with Crippen molar-refractivity contribution in [1.82, 2.24) is 0 Å². The number of nitrogens with one attached hydrogen (secondary N) is 1. The molecule has 0 fully saturated rings. The lowest BCUT2D eigenvalue weighted by Gasteiger charge is -2.15. The van der Waals surface area contributed by atoms with Gasteiger partial charge in [-0.15, -0.1) is 6.42 Å². The van der Waals surface area contributed by atoms with E-state index in [1.165, 1.54) is 38.8 Å². The van der Waals surface area contributed by atoms with E-state index in [-0.39, 0.29) is 0 Å². The Morgan fingerprint density at radius 1 is 1.08 bits per heavy atom. The topological polar surface area (TPSA) is 4.44 Å². The van der Waals surface area contributed by atoms with Crippen LogP contribution < -0.4 is 4.90 Å². The molecule has 0 atom stereocenters. The summed E-state index contributed by atoms with van der Waals surface area (Å²) in [4.78, 5) is 1.58. The molecular weight excluding hydrogens is 146 g/mol. The molecule has 0 aromatic carbocycles. The van der Waals surface area contributed by atoms with Crippen molar-refractivity contribution >= 4 is 0 Å². The summed E-state index contributed by atoms with van der Waals surface area (Å²) in [7, 11) is 0. The molecule has 0 spiro atoms. The Balaban J connectivity index is 3.48. The van der Waals surface area contributed by atoms with Crippen LogP contribution in [0, 0.1) is 12.3 Å². The fraction of sp³-hybridized carbons (Fsp3) is 0.818. The number of quaternary nitrogens is 1. The molecule has 0 amide bonds. The largest absolute Gasteiger partial charge is 0.325 e. The molecule has 0 rings (SSSR count). The van der Waals surface area contributed by atoms with Gasteiger partial charge in [-0.2, -0.15) is 0 Å². The molecule has 0 saturated heterocycles. The zero-order chi connectivity index (χ0) is 9.23. The number of hydrogen-bond donors (Lipinski definition) is 1. The van der Waals surface area contributed by atoms with Crippen LogP contribution in [0.5, 0.6) is 0 Å². The molecule has 0 aromatic rings. The molecule has 70 valence electrons. The molecule has 1 heteroatoms. The lowest BCUT2D eigenvalue weighted by atomic mass is 10.2. The highest BCUT2D eigenvalue weighted by Gasteiger charge is 2.03. The van der Waals surface area contributed by atoms with Gasteiger partial charge in [0.25, 0.3) is 0 Å². The quantitative estimate of drug-likeness (QED) is 0.543. The van der Waals surface area contributed by atoms with Crippen LogP contribution in [0.1, 0.15) is 39.5 Å². The summed E-state index contributed by atoms with van der Waals surface area (Å²) < 4.78 is 0. The minimum atomic E-state index is 0.903. The van der Waals surface area contributed by atoms with Crippen LogP contribution in [0.2, 0.25) is 0 Å². The molecule has 0 aliphatic rings. The van der Waals surface area contributed by atoms with Gasteiger partial charge in [-0.25, -0.2) is 0 Å². The standard InChI is InChI=1S/C11H21N/c1-4-7-10-12(9-6-3)11-8-5-2/h3H,4-5,7-11H2,1-2H3/p+1. The molecule has 12 heavy (non-hydrogen) atoms. The molecule has 0 aliphatic carbocycles. The summed E-state index contributed by atoms with van der Waals surface area (Å²) in [6.07, 6.45) is 10.5. The van der Waals surface area contributed by atoms with E-state index in [9.17, 15) is 0 Å². The van der Waals surface area contributed by atoms with Crippen molar-refractivity contribution in [2.45, 2.75) is 39.5 Å². The predicted octanol–water partition coefficient (Wildman–Crippen LogP) is 1.10. The maximum absolute atomic E-state index is 5.30. The van der Waals surface area contributed by atoms with Crippen molar-refractivity contribution in [1.29, 1.82) is 0 Å². The van der Waals surface area contributed by atoms with Gasteiger partial charge >= 0.3 is 0 Å². The highest BCUT2D eigenvalue weighted by molar-refractivity contribution is 4.81. The van der Waals surface area contributed by atoms with Crippen molar-refractivity contribution in [2.24, 2.45) is 0 Å². The highest BCUT2D eigenvalue weighted by Crippen LogP contribution is 1.82. The minimum absolute atomic E-state index is 0.903. The van der Waals surface area contributed by atoms with Crippen LogP contribution in [0.4, 0.5) is 0 Å². The van der Waals surface area contributed by atoms with E-state index < -0.39 is 0 Å². The lowest BCUT2D eigenvalue weighted by Crippen LogP contribution is -3.12. The Bertz CT molecular complexity index is 115. The van der Waals surface area contributed by atoms with Gasteiger partial charge in [0.1, 0.15) is 6.54 Å². The van der Waals surface area contributed by atoms with Crippen LogP contribution >= 0.6 is 0 Å². The van der Waals surface area contributed by atoms with E-state index in [2.05, 4.69) is 19.8 Å². The molecule has 0 aliphatic heterocycles. The first-order valence-electron chi connectivity index (χ1n) is 5.12. The maximum Gasteiger partial charge on any atom is 0.139 e. The van der Waals surface area contributed by atoms with Gasteiger partial charge in [-0.05, 0) is 18.8 Å². The second-order valence-electron chi connectivity index (χ2n) is 3.34. The van der Waals surface area contributed by atoms with Gasteiger partial charge in [0, 0.05) is 0 Å². The normalized spacial score (nSPS) is 10.2. The van der Waals surface area contributed by atoms with E-state index in [0.29, 0.717) is 0 Å². The molecule has 0 aromatic heterocycles. The summed E-state index contributed by atoms with van der Waals surface area (Å²) in [5, 5.41) is 0. The number of rotatable bonds is 7. The smallest absolute Gasteiger partial charge is 0.139 e. The Morgan fingerprint density at radius 3 is 1.92 bits per heavy atom. The van der Waals surface area contributed by atoms with E-state index >= 15 is 0 Å². The summed E-state index contributed by atoms with van der Waals surface area (Å²) in [5.74, 6) is 2.75. The lowest BCUT2D eigenvalue weighted by molar-refractivity contribution is -0.893. The molecule has 0 saturated carbocycles. The number of terminal acetylenes is 1. The maximum atomic E-state index is 5.30. The summed E-state index contributed by atoms with van der Waals surface area (Å²) >= 11 is 0. The van der Waals surface area contributed by atoms with Gasteiger partial charge < -0.3 is 4.90 Å². The number of unbranched alkanes of at least 4 members (excludes halogenated alkanes) is 2. The number of hydrogen-bond acceptors (Lipinski definition) is 0. The molecule has 0 bridgehead atoms. The van der Waals surface area contributed by atoms with Crippen molar-refractivity contribution < 1.29 is 4.90 Å². The Morgan fingerprint density at radius 2 is 1.58 bits per heavy atom. The fourth-order valence-electron chi connectivity index (χ4n) is 1.30. The second kappa shape index (κ2) is 8.62. The molecule has 0 heterocycles. The predicted molar refractivity (Wildman–Crippen MR) is 54.2 cm³/mol. The van der Waals surface area contributed by atoms with Gasteiger partial charge in [-0.3, -0.25) is 0 Å². The van der Waals surface area contributed by atoms with Gasteiger partial charge in [0.2, 0.25) is 0 Å². The average Bonchev–Trinajstić information content (AvgIpc) is 2.10. The van der Waals surface area contributed by atoms with Crippen LogP contribution in [0.15, 0.2) is 0 Å². The van der Waals surface area contributed by atoms with Crippen molar-refractivity contribution in [3.8, 4) is 12.3 Å². The molecule has 0 radical (unpaired) electrons. The zero-order valence-corrected chi connectivity index (χ0v) is 8.53. The zero-order valence-electron chi connectivity index (χ0n) is 8.53.